The van der Waals surface area contributed by atoms with Crippen LogP contribution >= 0.6 is 0 Å². The topological polar surface area (TPSA) is 105 Å². The average Bonchev–Trinajstić information content (AvgIpc) is 3.22. The van der Waals surface area contributed by atoms with Crippen LogP contribution < -0.4 is 5.32 Å². The van der Waals surface area contributed by atoms with E-state index in [1.807, 2.05) is 20.8 Å². The highest BCUT2D eigenvalue weighted by Gasteiger charge is 2.28. The zero-order valence-electron chi connectivity index (χ0n) is 14.7. The Morgan fingerprint density at radius 2 is 2.08 bits per heavy atom. The highest BCUT2D eigenvalue weighted by Crippen LogP contribution is 2.38. The van der Waals surface area contributed by atoms with Crippen LogP contribution in [0.4, 0.5) is 0 Å². The summed E-state index contributed by atoms with van der Waals surface area (Å²) in [7, 11) is 0. The lowest BCUT2D eigenvalue weighted by Crippen LogP contribution is -2.41. The number of rotatable bonds is 9. The monoisotopic (exact) mass is 337 g/mol. The molecule has 0 aliphatic heterocycles. The Labute approximate surface area is 142 Å². The number of carboxylic acid groups (broad SMARTS) is 1. The predicted molar refractivity (Wildman–Crippen MR) is 87.5 cm³/mol. The fraction of sp³-hybridized carbons (Fsp3) is 0.765. The van der Waals surface area contributed by atoms with E-state index in [9.17, 15) is 14.7 Å². The number of amides is 1. The maximum Gasteiger partial charge on any atom is 0.326 e. The van der Waals surface area contributed by atoms with Gasteiger partial charge in [0, 0.05) is 18.8 Å². The molecule has 1 atom stereocenters. The van der Waals surface area contributed by atoms with Gasteiger partial charge in [-0.2, -0.15) is 4.98 Å². The summed E-state index contributed by atoms with van der Waals surface area (Å²) in [6.45, 7) is 6.15. The second-order valence-corrected chi connectivity index (χ2v) is 7.73. The van der Waals surface area contributed by atoms with Crippen molar-refractivity contribution in [2.75, 3.05) is 0 Å². The Balaban J connectivity index is 1.70. The van der Waals surface area contributed by atoms with Crippen LogP contribution in [0, 0.1) is 5.41 Å². The molecule has 1 unspecified atom stereocenters. The first-order valence-corrected chi connectivity index (χ1v) is 8.59. The Morgan fingerprint density at radius 1 is 1.38 bits per heavy atom. The van der Waals surface area contributed by atoms with Gasteiger partial charge in [0.2, 0.25) is 11.8 Å². The first kappa shape index (κ1) is 18.4. The number of aromatic nitrogens is 2. The van der Waals surface area contributed by atoms with Gasteiger partial charge in [0.1, 0.15) is 6.04 Å². The average molecular weight is 337 g/mol. The number of carbonyl (C=O) groups excluding carboxylic acids is 1. The largest absolute Gasteiger partial charge is 0.480 e. The molecule has 1 aliphatic carbocycles. The van der Waals surface area contributed by atoms with Gasteiger partial charge >= 0.3 is 5.97 Å². The normalized spacial score (nSPS) is 16.0. The van der Waals surface area contributed by atoms with Crippen LogP contribution in [0.5, 0.6) is 0 Å². The fourth-order valence-corrected chi connectivity index (χ4v) is 2.38. The van der Waals surface area contributed by atoms with Gasteiger partial charge in [0.15, 0.2) is 5.82 Å². The summed E-state index contributed by atoms with van der Waals surface area (Å²) in [5.74, 6) is 0.525. The summed E-state index contributed by atoms with van der Waals surface area (Å²) in [5, 5.41) is 15.8. The molecule has 1 aromatic heterocycles. The molecular weight excluding hydrogens is 310 g/mol. The van der Waals surface area contributed by atoms with Gasteiger partial charge in [0.05, 0.1) is 0 Å². The summed E-state index contributed by atoms with van der Waals surface area (Å²) in [4.78, 5) is 27.5. The predicted octanol–water partition coefficient (Wildman–Crippen LogP) is 2.67. The summed E-state index contributed by atoms with van der Waals surface area (Å²) in [6.07, 6.45) is 4.74. The number of nitrogens with zero attached hydrogens (tertiary/aromatic N) is 2. The van der Waals surface area contributed by atoms with Crippen LogP contribution in [0.1, 0.15) is 76.9 Å². The van der Waals surface area contributed by atoms with E-state index >= 15 is 0 Å². The molecule has 1 aliphatic rings. The molecule has 1 fully saturated rings. The summed E-state index contributed by atoms with van der Waals surface area (Å²) in [5.41, 5.74) is 0.0373. The number of hydrogen-bond donors (Lipinski definition) is 2. The van der Waals surface area contributed by atoms with E-state index < -0.39 is 12.0 Å². The van der Waals surface area contributed by atoms with Crippen LogP contribution in [0.2, 0.25) is 0 Å². The van der Waals surface area contributed by atoms with Crippen LogP contribution in [0.3, 0.4) is 0 Å². The van der Waals surface area contributed by atoms with Crippen molar-refractivity contribution in [3.8, 4) is 0 Å². The molecule has 1 aromatic rings. The van der Waals surface area contributed by atoms with E-state index in [0.29, 0.717) is 31.1 Å². The number of nitrogens with one attached hydrogen (secondary N) is 1. The van der Waals surface area contributed by atoms with Gasteiger partial charge in [0.25, 0.3) is 0 Å². The second-order valence-electron chi connectivity index (χ2n) is 7.73. The Hall–Kier alpha value is -1.92. The molecule has 1 heterocycles. The minimum atomic E-state index is -0.987. The molecule has 24 heavy (non-hydrogen) atoms. The number of carboxylic acids is 1. The zero-order valence-corrected chi connectivity index (χ0v) is 14.7. The Kier molecular flexibility index (Phi) is 5.96. The highest BCUT2D eigenvalue weighted by atomic mass is 16.5. The van der Waals surface area contributed by atoms with Gasteiger partial charge in [-0.1, -0.05) is 25.9 Å². The molecule has 2 rings (SSSR count). The smallest absolute Gasteiger partial charge is 0.326 e. The third-order valence-electron chi connectivity index (χ3n) is 4.04. The van der Waals surface area contributed by atoms with Gasteiger partial charge in [-0.15, -0.1) is 0 Å². The van der Waals surface area contributed by atoms with Crippen molar-refractivity contribution >= 4 is 11.9 Å². The lowest BCUT2D eigenvalue weighted by Gasteiger charge is -2.21. The molecule has 7 heteroatoms. The minimum absolute atomic E-state index is 0.0373. The molecule has 0 spiro atoms. The Morgan fingerprint density at radius 3 is 2.67 bits per heavy atom. The summed E-state index contributed by atoms with van der Waals surface area (Å²) < 4.78 is 5.16. The summed E-state index contributed by atoms with van der Waals surface area (Å²) in [6, 6.07) is -0.832. The maximum absolute atomic E-state index is 12.0. The SMILES string of the molecule is CC(C)(C)CCC(NC(=O)CCCc1nc(C2CC2)no1)C(=O)O. The zero-order chi connectivity index (χ0) is 17.7. The third-order valence-corrected chi connectivity index (χ3v) is 4.04. The second kappa shape index (κ2) is 7.77. The van der Waals surface area contributed by atoms with E-state index in [4.69, 9.17) is 4.52 Å². The summed E-state index contributed by atoms with van der Waals surface area (Å²) >= 11 is 0. The van der Waals surface area contributed by atoms with Gasteiger partial charge < -0.3 is 14.9 Å². The molecular formula is C17H27N3O4. The Bertz CT molecular complexity index is 573. The quantitative estimate of drug-likeness (QED) is 0.717. The van der Waals surface area contributed by atoms with Crippen molar-refractivity contribution < 1.29 is 19.2 Å². The van der Waals surface area contributed by atoms with Crippen molar-refractivity contribution in [3.05, 3.63) is 11.7 Å². The molecule has 0 bridgehead atoms. The standard InChI is InChI=1S/C17H27N3O4/c1-17(2,3)10-9-12(16(22)23)18-13(21)5-4-6-14-19-15(20-24-14)11-7-8-11/h11-12H,4-10H2,1-3H3,(H,18,21)(H,22,23). The van der Waals surface area contributed by atoms with E-state index in [1.165, 1.54) is 0 Å². The number of hydrogen-bond acceptors (Lipinski definition) is 5. The third kappa shape index (κ3) is 6.29. The first-order valence-electron chi connectivity index (χ1n) is 8.59. The number of aryl methyl sites for hydroxylation is 1. The molecule has 1 amide bonds. The molecule has 2 N–H and O–H groups in total. The molecule has 0 radical (unpaired) electrons. The van der Waals surface area contributed by atoms with Crippen LogP contribution in [-0.4, -0.2) is 33.2 Å². The molecule has 134 valence electrons. The van der Waals surface area contributed by atoms with Crippen molar-refractivity contribution in [1.82, 2.24) is 15.5 Å². The van der Waals surface area contributed by atoms with Crippen molar-refractivity contribution in [2.45, 2.75) is 77.7 Å². The van der Waals surface area contributed by atoms with Gasteiger partial charge in [-0.05, 0) is 37.5 Å². The van der Waals surface area contributed by atoms with Gasteiger partial charge in [-0.25, -0.2) is 4.79 Å². The molecule has 7 nitrogen and oxygen atoms in total. The highest BCUT2D eigenvalue weighted by molar-refractivity contribution is 5.83. The van der Waals surface area contributed by atoms with Crippen LogP contribution in [0.25, 0.3) is 0 Å². The van der Waals surface area contributed by atoms with E-state index in [2.05, 4.69) is 15.5 Å². The van der Waals surface area contributed by atoms with E-state index in [0.717, 1.165) is 25.1 Å². The number of carbonyl (C=O) groups is 2. The van der Waals surface area contributed by atoms with Gasteiger partial charge in [-0.3, -0.25) is 4.79 Å². The molecule has 0 saturated heterocycles. The molecule has 0 aromatic carbocycles. The maximum atomic E-state index is 12.0. The molecule has 1 saturated carbocycles. The fourth-order valence-electron chi connectivity index (χ4n) is 2.38. The lowest BCUT2D eigenvalue weighted by molar-refractivity contribution is -0.142. The van der Waals surface area contributed by atoms with Crippen LogP contribution in [-0.2, 0) is 16.0 Å². The van der Waals surface area contributed by atoms with Crippen molar-refractivity contribution in [3.63, 3.8) is 0 Å². The van der Waals surface area contributed by atoms with E-state index in [1.54, 1.807) is 0 Å². The van der Waals surface area contributed by atoms with E-state index in [-0.39, 0.29) is 17.7 Å². The number of aliphatic carboxylic acids is 1. The minimum Gasteiger partial charge on any atom is -0.480 e. The van der Waals surface area contributed by atoms with Crippen molar-refractivity contribution in [2.24, 2.45) is 5.41 Å². The first-order chi connectivity index (χ1) is 11.2. The van der Waals surface area contributed by atoms with Crippen LogP contribution in [0.15, 0.2) is 4.52 Å². The van der Waals surface area contributed by atoms with Crippen molar-refractivity contribution in [1.29, 1.82) is 0 Å². The lowest BCUT2D eigenvalue weighted by atomic mass is 9.88.